The number of thiophene rings is 1. The molecule has 26 heavy (non-hydrogen) atoms. The van der Waals surface area contributed by atoms with Crippen molar-refractivity contribution in [3.63, 3.8) is 0 Å². The van der Waals surface area contributed by atoms with E-state index in [0.717, 1.165) is 31.6 Å². The molecule has 0 bridgehead atoms. The van der Waals surface area contributed by atoms with Crippen molar-refractivity contribution in [1.82, 2.24) is 9.78 Å². The predicted octanol–water partition coefficient (Wildman–Crippen LogP) is 4.99. The molecule has 0 atom stereocenters. The van der Waals surface area contributed by atoms with E-state index < -0.39 is 0 Å². The van der Waals surface area contributed by atoms with Crippen LogP contribution in [0.15, 0.2) is 88.4 Å². The summed E-state index contributed by atoms with van der Waals surface area (Å²) in [4.78, 5) is 1.86. The molecule has 0 radical (unpaired) electrons. The fourth-order valence-corrected chi connectivity index (χ4v) is 3.97. The molecule has 0 saturated carbocycles. The zero-order valence-corrected chi connectivity index (χ0v) is 15.7. The Morgan fingerprint density at radius 1 is 0.923 bits per heavy atom. The topological polar surface area (TPSA) is 42.5 Å². The van der Waals surface area contributed by atoms with Gasteiger partial charge in [-0.3, -0.25) is 0 Å². The lowest BCUT2D eigenvalue weighted by molar-refractivity contribution is 0.824. The molecule has 2 heterocycles. The average molecular weight is 377 g/mol. The molecule has 0 aliphatic rings. The molecule has 0 fully saturated rings. The first kappa shape index (κ1) is 16.6. The molecule has 6 heteroatoms. The molecule has 0 spiro atoms. The van der Waals surface area contributed by atoms with Crippen LogP contribution < -0.4 is 4.80 Å². The second-order valence-electron chi connectivity index (χ2n) is 5.57. The summed E-state index contributed by atoms with van der Waals surface area (Å²) in [7, 11) is 0. The monoisotopic (exact) mass is 376 g/mol. The lowest BCUT2D eigenvalue weighted by atomic mass is 10.2. The van der Waals surface area contributed by atoms with Crippen molar-refractivity contribution in [2.45, 2.75) is 6.92 Å². The first-order valence-electron chi connectivity index (χ1n) is 8.14. The fraction of sp³-hybridized carbons (Fsp3) is 0.0500. The number of hydrogen-bond acceptors (Lipinski definition) is 5. The molecule has 0 N–H and O–H groups in total. The Labute approximate surface area is 159 Å². The van der Waals surface area contributed by atoms with Crippen LogP contribution in [0.2, 0.25) is 0 Å². The van der Waals surface area contributed by atoms with Gasteiger partial charge in [-0.05, 0) is 30.5 Å². The van der Waals surface area contributed by atoms with E-state index in [9.17, 15) is 0 Å². The summed E-state index contributed by atoms with van der Waals surface area (Å²) < 4.78 is 1.85. The number of para-hydroxylation sites is 1. The van der Waals surface area contributed by atoms with Crippen LogP contribution in [0.4, 0.5) is 0 Å². The normalized spacial score (nSPS) is 12.5. The van der Waals surface area contributed by atoms with E-state index >= 15 is 0 Å². The first-order valence-corrected chi connectivity index (χ1v) is 9.84. The molecular weight excluding hydrogens is 360 g/mol. The first-order chi connectivity index (χ1) is 12.8. The molecule has 4 aromatic rings. The Morgan fingerprint density at radius 3 is 2.35 bits per heavy atom. The molecule has 0 aliphatic carbocycles. The van der Waals surface area contributed by atoms with E-state index in [1.54, 1.807) is 11.3 Å². The summed E-state index contributed by atoms with van der Waals surface area (Å²) in [5, 5.41) is 16.7. The van der Waals surface area contributed by atoms with E-state index in [-0.39, 0.29) is 0 Å². The van der Waals surface area contributed by atoms with Gasteiger partial charge in [-0.2, -0.15) is 10.2 Å². The van der Waals surface area contributed by atoms with Gasteiger partial charge in [0, 0.05) is 5.56 Å². The minimum Gasteiger partial charge on any atom is -0.203 e. The minimum absolute atomic E-state index is 0.742. The van der Waals surface area contributed by atoms with E-state index in [4.69, 9.17) is 5.10 Å². The number of hydrogen-bond donors (Lipinski definition) is 0. The average Bonchev–Trinajstić information content (AvgIpc) is 3.38. The van der Waals surface area contributed by atoms with Crippen LogP contribution >= 0.6 is 22.7 Å². The van der Waals surface area contributed by atoms with Crippen molar-refractivity contribution in [3.05, 3.63) is 87.9 Å². The standard InChI is InChI=1S/C20H16N4S2/c1-15(18-13-8-14-25-18)21-22-20-24(17-11-6-3-7-12-17)23-19(26-20)16-9-4-2-5-10-16/h2-14H,1H3/b21-15+,22-20+. The number of rotatable bonds is 4. The zero-order chi connectivity index (χ0) is 17.8. The molecular formula is C20H16N4S2. The van der Waals surface area contributed by atoms with E-state index in [2.05, 4.69) is 22.3 Å². The van der Waals surface area contributed by atoms with Gasteiger partial charge in [0.25, 0.3) is 0 Å². The highest BCUT2D eigenvalue weighted by atomic mass is 32.1. The molecule has 0 unspecified atom stereocenters. The van der Waals surface area contributed by atoms with Crippen LogP contribution in [-0.2, 0) is 0 Å². The van der Waals surface area contributed by atoms with Crippen molar-refractivity contribution < 1.29 is 0 Å². The lowest BCUT2D eigenvalue weighted by Gasteiger charge is -1.99. The number of aromatic nitrogens is 2. The largest absolute Gasteiger partial charge is 0.233 e. The van der Waals surface area contributed by atoms with Gasteiger partial charge in [-0.25, -0.2) is 4.68 Å². The highest BCUT2D eigenvalue weighted by Crippen LogP contribution is 2.20. The summed E-state index contributed by atoms with van der Waals surface area (Å²) in [6.45, 7) is 1.97. The fourth-order valence-electron chi connectivity index (χ4n) is 2.43. The second kappa shape index (κ2) is 7.59. The third kappa shape index (κ3) is 3.56. The summed E-state index contributed by atoms with van der Waals surface area (Å²) in [6, 6.07) is 24.2. The third-order valence-corrected chi connectivity index (χ3v) is 5.67. The van der Waals surface area contributed by atoms with E-state index in [0.29, 0.717) is 0 Å². The van der Waals surface area contributed by atoms with Gasteiger partial charge < -0.3 is 0 Å². The Morgan fingerprint density at radius 2 is 1.65 bits per heavy atom. The predicted molar refractivity (Wildman–Crippen MR) is 109 cm³/mol. The SMILES string of the molecule is C/C(=N\N=c1\sc(-c2ccccc2)nn1-c1ccccc1)c1cccs1. The van der Waals surface area contributed by atoms with E-state index in [1.165, 1.54) is 11.3 Å². The Bertz CT molecular complexity index is 1080. The molecule has 4 nitrogen and oxygen atoms in total. The smallest absolute Gasteiger partial charge is 0.203 e. The molecule has 2 aromatic carbocycles. The van der Waals surface area contributed by atoms with Gasteiger partial charge in [0.05, 0.1) is 16.3 Å². The van der Waals surface area contributed by atoms with Gasteiger partial charge in [-0.15, -0.1) is 16.4 Å². The van der Waals surface area contributed by atoms with Gasteiger partial charge in [0.1, 0.15) is 5.01 Å². The van der Waals surface area contributed by atoms with Gasteiger partial charge in [0.2, 0.25) is 4.80 Å². The molecule has 0 saturated heterocycles. The summed E-state index contributed by atoms with van der Waals surface area (Å²) in [5.74, 6) is 0. The number of nitrogens with zero attached hydrogens (tertiary/aromatic N) is 4. The maximum absolute atomic E-state index is 4.77. The van der Waals surface area contributed by atoms with Crippen molar-refractivity contribution >= 4 is 28.4 Å². The summed E-state index contributed by atoms with van der Waals surface area (Å²) in [5.41, 5.74) is 2.94. The Kier molecular flexibility index (Phi) is 4.86. The quantitative estimate of drug-likeness (QED) is 0.365. The van der Waals surface area contributed by atoms with E-state index in [1.807, 2.05) is 77.6 Å². The van der Waals surface area contributed by atoms with Crippen LogP contribution in [0.1, 0.15) is 11.8 Å². The van der Waals surface area contributed by atoms with Crippen molar-refractivity contribution in [3.8, 4) is 16.3 Å². The van der Waals surface area contributed by atoms with Gasteiger partial charge in [0.15, 0.2) is 0 Å². The molecule has 128 valence electrons. The second-order valence-corrected chi connectivity index (χ2v) is 7.47. The molecule has 0 amide bonds. The summed E-state index contributed by atoms with van der Waals surface area (Å²) in [6.07, 6.45) is 0. The highest BCUT2D eigenvalue weighted by Gasteiger charge is 2.09. The van der Waals surface area contributed by atoms with Gasteiger partial charge in [-0.1, -0.05) is 65.9 Å². The van der Waals surface area contributed by atoms with Crippen molar-refractivity contribution in [2.75, 3.05) is 0 Å². The number of benzene rings is 2. The van der Waals surface area contributed by atoms with Crippen LogP contribution in [0.5, 0.6) is 0 Å². The van der Waals surface area contributed by atoms with Crippen molar-refractivity contribution in [2.24, 2.45) is 10.2 Å². The van der Waals surface area contributed by atoms with Crippen LogP contribution in [0, 0.1) is 0 Å². The minimum atomic E-state index is 0.742. The Balaban J connectivity index is 1.83. The summed E-state index contributed by atoms with van der Waals surface area (Å²) >= 11 is 3.19. The van der Waals surface area contributed by atoms with Crippen molar-refractivity contribution in [1.29, 1.82) is 0 Å². The van der Waals surface area contributed by atoms with Crippen LogP contribution in [0.25, 0.3) is 16.3 Å². The highest BCUT2D eigenvalue weighted by molar-refractivity contribution is 7.12. The maximum Gasteiger partial charge on any atom is 0.233 e. The molecule has 0 aliphatic heterocycles. The zero-order valence-electron chi connectivity index (χ0n) is 14.1. The molecule has 2 aromatic heterocycles. The van der Waals surface area contributed by atoms with Crippen LogP contribution in [-0.4, -0.2) is 15.5 Å². The Hall–Kier alpha value is -2.83. The molecule has 4 rings (SSSR count). The lowest BCUT2D eigenvalue weighted by Crippen LogP contribution is -2.13. The van der Waals surface area contributed by atoms with Crippen LogP contribution in [0.3, 0.4) is 0 Å². The maximum atomic E-state index is 4.77. The van der Waals surface area contributed by atoms with Gasteiger partial charge >= 0.3 is 0 Å². The third-order valence-electron chi connectivity index (χ3n) is 3.74.